The molecule has 0 aliphatic carbocycles. The van der Waals surface area contributed by atoms with Crippen molar-refractivity contribution in [2.45, 2.75) is 269 Å². The first kappa shape index (κ1) is 68.5. The lowest BCUT2D eigenvalue weighted by Gasteiger charge is -2.28. The molecule has 0 bridgehead atoms. The molecule has 0 spiro atoms. The third-order valence-electron chi connectivity index (χ3n) is 8.32. The molecular formula is C58H114O6. The molecule has 1 aromatic carbocycles. The third-order valence-corrected chi connectivity index (χ3v) is 8.32. The van der Waals surface area contributed by atoms with E-state index in [1.165, 1.54) is 24.8 Å². The van der Waals surface area contributed by atoms with E-state index in [-0.39, 0.29) is 44.8 Å². The van der Waals surface area contributed by atoms with Gasteiger partial charge in [0.15, 0.2) is 0 Å². The molecule has 0 amide bonds. The highest BCUT2D eigenvalue weighted by Gasteiger charge is 2.25. The standard InChI is InChI=1S/C15H24O.C14H28O2.C10H20O2.C10H22O.C9H20/c1-14(2,3)11-16-13-9-7-12(8-10-13)15(4,5)6;1-13(2,3)11-9-7-8-10-12(15)16-14(4,5)6;1-9(2,3)7-12-8(11)10(4,5)6;1-9(2,3)7-8-11-10(4,5)6;1-8(2,3)7-9(4,5)6/h7-10H,11H2,1-6H3;7-11H2,1-6H3;7H2,1-6H3;7-8H2,1-6H3;7H2,1-6H3. The second-order valence-corrected chi connectivity index (χ2v) is 29.3. The highest BCUT2D eigenvalue weighted by atomic mass is 16.6. The van der Waals surface area contributed by atoms with E-state index in [0.29, 0.717) is 34.7 Å². The lowest BCUT2D eigenvalue weighted by atomic mass is 9.78. The molecule has 0 aliphatic rings. The molecular weight excluding hydrogens is 793 g/mol. The molecule has 0 atom stereocenters. The molecule has 0 fully saturated rings. The molecule has 1 aromatic rings. The van der Waals surface area contributed by atoms with Gasteiger partial charge in [0.1, 0.15) is 11.4 Å². The van der Waals surface area contributed by atoms with Crippen LogP contribution >= 0.6 is 0 Å². The van der Waals surface area contributed by atoms with Gasteiger partial charge in [-0.25, -0.2) is 0 Å². The van der Waals surface area contributed by atoms with Gasteiger partial charge >= 0.3 is 11.9 Å². The zero-order valence-corrected chi connectivity index (χ0v) is 48.8. The summed E-state index contributed by atoms with van der Waals surface area (Å²) in [6.45, 7) is 66.2. The summed E-state index contributed by atoms with van der Waals surface area (Å²) in [6, 6.07) is 8.43. The number of ether oxygens (including phenoxy) is 4. The number of benzene rings is 1. The number of esters is 2. The Labute approximate surface area is 401 Å². The van der Waals surface area contributed by atoms with Crippen LogP contribution in [0.15, 0.2) is 24.3 Å². The van der Waals surface area contributed by atoms with Gasteiger partial charge in [0.2, 0.25) is 0 Å². The lowest BCUT2D eigenvalue weighted by molar-refractivity contribution is -0.156. The highest BCUT2D eigenvalue weighted by molar-refractivity contribution is 5.75. The zero-order valence-electron chi connectivity index (χ0n) is 48.8. The fourth-order valence-corrected chi connectivity index (χ4v) is 5.60. The average Bonchev–Trinajstić information content (AvgIpc) is 2.98. The molecule has 1 rings (SSSR count). The van der Waals surface area contributed by atoms with Crippen molar-refractivity contribution in [3.8, 4) is 5.75 Å². The summed E-state index contributed by atoms with van der Waals surface area (Å²) in [5, 5.41) is 0. The van der Waals surface area contributed by atoms with E-state index in [4.69, 9.17) is 18.9 Å². The lowest BCUT2D eigenvalue weighted by Crippen LogP contribution is -2.27. The first-order valence-electron chi connectivity index (χ1n) is 24.6. The van der Waals surface area contributed by atoms with Crippen LogP contribution in [0.4, 0.5) is 0 Å². The van der Waals surface area contributed by atoms with Gasteiger partial charge in [-0.15, -0.1) is 0 Å². The molecule has 0 heterocycles. The SMILES string of the molecule is CC(C)(C)CC(C)(C)C.CC(C)(C)CCCCCC(=O)OC(C)(C)C.CC(C)(C)CCOC(C)(C)C.CC(C)(C)COC(=O)C(C)(C)C.CC(C)(C)COc1ccc(C(C)(C)C)cc1. The van der Waals surface area contributed by atoms with E-state index in [9.17, 15) is 9.59 Å². The minimum atomic E-state index is -0.384. The molecule has 382 valence electrons. The Bertz CT molecular complexity index is 1320. The largest absolute Gasteiger partial charge is 0.493 e. The fourth-order valence-electron chi connectivity index (χ4n) is 5.60. The molecule has 0 aliphatic heterocycles. The van der Waals surface area contributed by atoms with Gasteiger partial charge in [-0.05, 0) is 144 Å². The van der Waals surface area contributed by atoms with Gasteiger partial charge in [0.05, 0.1) is 24.2 Å². The molecule has 6 heteroatoms. The highest BCUT2D eigenvalue weighted by Crippen LogP contribution is 2.32. The smallest absolute Gasteiger partial charge is 0.311 e. The predicted molar refractivity (Wildman–Crippen MR) is 282 cm³/mol. The second-order valence-electron chi connectivity index (χ2n) is 29.3. The van der Waals surface area contributed by atoms with Crippen LogP contribution in [0.2, 0.25) is 0 Å². The van der Waals surface area contributed by atoms with Crippen LogP contribution in [0, 0.1) is 37.9 Å². The van der Waals surface area contributed by atoms with Crippen molar-refractivity contribution in [3.05, 3.63) is 29.8 Å². The molecule has 6 nitrogen and oxygen atoms in total. The second kappa shape index (κ2) is 28.3. The van der Waals surface area contributed by atoms with Crippen molar-refractivity contribution in [2.75, 3.05) is 19.8 Å². The first-order valence-corrected chi connectivity index (χ1v) is 24.6. The summed E-state index contributed by atoms with van der Waals surface area (Å²) in [4.78, 5) is 22.7. The summed E-state index contributed by atoms with van der Waals surface area (Å²) in [7, 11) is 0. The van der Waals surface area contributed by atoms with Gasteiger partial charge < -0.3 is 18.9 Å². The van der Waals surface area contributed by atoms with Crippen molar-refractivity contribution >= 4 is 11.9 Å². The Morgan fingerprint density at radius 1 is 0.453 bits per heavy atom. The first-order chi connectivity index (χ1) is 27.8. The van der Waals surface area contributed by atoms with Crippen molar-refractivity contribution < 1.29 is 28.5 Å². The van der Waals surface area contributed by atoms with Crippen molar-refractivity contribution in [2.24, 2.45) is 37.9 Å². The Morgan fingerprint density at radius 3 is 1.17 bits per heavy atom. The fraction of sp³-hybridized carbons (Fsp3) is 0.862. The summed E-state index contributed by atoms with van der Waals surface area (Å²) in [6.07, 6.45) is 7.47. The van der Waals surface area contributed by atoms with Crippen LogP contribution in [0.1, 0.15) is 258 Å². The molecule has 64 heavy (non-hydrogen) atoms. The molecule has 0 saturated carbocycles. The number of hydrogen-bond acceptors (Lipinski definition) is 6. The molecule has 0 unspecified atom stereocenters. The topological polar surface area (TPSA) is 71.1 Å². The summed E-state index contributed by atoms with van der Waals surface area (Å²) >= 11 is 0. The van der Waals surface area contributed by atoms with E-state index < -0.39 is 0 Å². The third kappa shape index (κ3) is 57.9. The Balaban J connectivity index is -0.000000357. The molecule has 0 radical (unpaired) electrons. The van der Waals surface area contributed by atoms with Crippen LogP contribution in [0.5, 0.6) is 5.75 Å². The number of rotatable bonds is 10. The van der Waals surface area contributed by atoms with E-state index in [2.05, 4.69) is 170 Å². The number of carbonyl (C=O) groups is 2. The van der Waals surface area contributed by atoms with Crippen LogP contribution in [-0.2, 0) is 29.2 Å². The zero-order chi connectivity index (χ0) is 52.0. The monoisotopic (exact) mass is 907 g/mol. The molecule has 0 saturated heterocycles. The van der Waals surface area contributed by atoms with Gasteiger partial charge in [-0.3, -0.25) is 9.59 Å². The van der Waals surface area contributed by atoms with Crippen molar-refractivity contribution in [1.82, 2.24) is 0 Å². The number of unbranched alkanes of at least 4 members (excludes halogenated alkanes) is 2. The summed E-state index contributed by atoms with van der Waals surface area (Å²) in [5.74, 6) is 0.767. The number of hydrogen-bond donors (Lipinski definition) is 0. The van der Waals surface area contributed by atoms with E-state index in [0.717, 1.165) is 38.2 Å². The van der Waals surface area contributed by atoms with Crippen molar-refractivity contribution in [3.63, 3.8) is 0 Å². The van der Waals surface area contributed by atoms with Crippen LogP contribution < -0.4 is 4.74 Å². The summed E-state index contributed by atoms with van der Waals surface area (Å²) < 4.78 is 21.7. The van der Waals surface area contributed by atoms with Crippen LogP contribution in [-0.4, -0.2) is 43.0 Å². The number of carbonyl (C=O) groups excluding carboxylic acids is 2. The Hall–Kier alpha value is -2.08. The average molecular weight is 908 g/mol. The Kier molecular flexibility index (Phi) is 30.3. The predicted octanol–water partition coefficient (Wildman–Crippen LogP) is 18.1. The van der Waals surface area contributed by atoms with Gasteiger partial charge in [-0.1, -0.05) is 170 Å². The maximum Gasteiger partial charge on any atom is 0.311 e. The summed E-state index contributed by atoms with van der Waals surface area (Å²) in [5.41, 5.74) is 2.88. The quantitative estimate of drug-likeness (QED) is 0.172. The van der Waals surface area contributed by atoms with Gasteiger partial charge in [0.25, 0.3) is 0 Å². The molecule has 0 aromatic heterocycles. The minimum Gasteiger partial charge on any atom is -0.493 e. The van der Waals surface area contributed by atoms with E-state index >= 15 is 0 Å². The van der Waals surface area contributed by atoms with Gasteiger partial charge in [-0.2, -0.15) is 0 Å². The van der Waals surface area contributed by atoms with E-state index in [1.807, 2.05) is 62.3 Å². The normalized spacial score (nSPS) is 13.0. The minimum absolute atomic E-state index is 0.0191. The Morgan fingerprint density at radius 2 is 0.875 bits per heavy atom. The van der Waals surface area contributed by atoms with Crippen LogP contribution in [0.3, 0.4) is 0 Å². The van der Waals surface area contributed by atoms with Crippen LogP contribution in [0.25, 0.3) is 0 Å². The van der Waals surface area contributed by atoms with E-state index in [1.54, 1.807) is 0 Å². The maximum atomic E-state index is 11.4. The van der Waals surface area contributed by atoms with Gasteiger partial charge in [0, 0.05) is 13.0 Å². The molecule has 0 N–H and O–H groups in total. The van der Waals surface area contributed by atoms with Crippen molar-refractivity contribution in [1.29, 1.82) is 0 Å². The maximum absolute atomic E-state index is 11.4.